The molecule has 18 heavy (non-hydrogen) atoms. The van der Waals surface area contributed by atoms with Gasteiger partial charge in [0.15, 0.2) is 0 Å². The molecule has 0 atom stereocenters. The third kappa shape index (κ3) is 4.47. The highest BCUT2D eigenvalue weighted by Gasteiger charge is 2.00. The van der Waals surface area contributed by atoms with Crippen molar-refractivity contribution in [2.75, 3.05) is 0 Å². The van der Waals surface area contributed by atoms with Crippen molar-refractivity contribution < 1.29 is 15.0 Å². The Labute approximate surface area is 110 Å². The summed E-state index contributed by atoms with van der Waals surface area (Å²) < 4.78 is 0. The summed E-state index contributed by atoms with van der Waals surface area (Å²) in [6, 6.07) is 16.3. The summed E-state index contributed by atoms with van der Waals surface area (Å²) in [6.07, 6.45) is -1.83. The summed E-state index contributed by atoms with van der Waals surface area (Å²) in [5.74, 6) is 0. The maximum Gasteiger partial charge on any atom is 0.503 e. The standard InChI is InChI=1S/C13H11Cl.CH2O3/c1-10-6-8-11(9-7-10)12-4-2-3-5-13(12)14;2-1(3)4/h2-9H,1H3;(H2,2,3,4). The predicted molar refractivity (Wildman–Crippen MR) is 72.3 cm³/mol. The Hall–Kier alpha value is -2.00. The molecule has 2 aromatic carbocycles. The van der Waals surface area contributed by atoms with Crippen LogP contribution in [-0.4, -0.2) is 16.4 Å². The van der Waals surface area contributed by atoms with E-state index in [1.54, 1.807) is 0 Å². The number of carbonyl (C=O) groups is 1. The van der Waals surface area contributed by atoms with E-state index in [0.29, 0.717) is 0 Å². The number of hydrogen-bond acceptors (Lipinski definition) is 1. The maximum absolute atomic E-state index is 8.56. The van der Waals surface area contributed by atoms with E-state index in [4.69, 9.17) is 26.6 Å². The van der Waals surface area contributed by atoms with E-state index in [1.807, 2.05) is 24.3 Å². The van der Waals surface area contributed by atoms with Crippen LogP contribution in [0.2, 0.25) is 5.02 Å². The van der Waals surface area contributed by atoms with Gasteiger partial charge >= 0.3 is 6.16 Å². The van der Waals surface area contributed by atoms with Gasteiger partial charge in [-0.2, -0.15) is 0 Å². The number of rotatable bonds is 1. The van der Waals surface area contributed by atoms with Crippen LogP contribution in [0, 0.1) is 6.92 Å². The number of carboxylic acid groups (broad SMARTS) is 2. The molecule has 0 amide bonds. The van der Waals surface area contributed by atoms with Crippen molar-refractivity contribution in [1.82, 2.24) is 0 Å². The first kappa shape index (κ1) is 14.1. The average molecular weight is 265 g/mol. The Bertz CT molecular complexity index is 517. The van der Waals surface area contributed by atoms with Crippen LogP contribution in [0.25, 0.3) is 11.1 Å². The third-order valence-electron chi connectivity index (χ3n) is 2.24. The van der Waals surface area contributed by atoms with Crippen LogP contribution in [0.5, 0.6) is 0 Å². The Kier molecular flexibility index (Phi) is 5.21. The second-order valence-corrected chi connectivity index (χ2v) is 4.04. The van der Waals surface area contributed by atoms with Gasteiger partial charge in [-0.25, -0.2) is 4.79 Å². The first-order valence-electron chi connectivity index (χ1n) is 5.24. The highest BCUT2D eigenvalue weighted by atomic mass is 35.5. The normalized spacial score (nSPS) is 9.22. The first-order valence-corrected chi connectivity index (χ1v) is 5.62. The quantitative estimate of drug-likeness (QED) is 0.795. The van der Waals surface area contributed by atoms with Crippen LogP contribution in [0.15, 0.2) is 48.5 Å². The van der Waals surface area contributed by atoms with Crippen LogP contribution < -0.4 is 0 Å². The Morgan fingerprint density at radius 1 is 1.00 bits per heavy atom. The molecule has 2 aromatic rings. The minimum absolute atomic E-state index is 0.802. The highest BCUT2D eigenvalue weighted by Crippen LogP contribution is 2.27. The SMILES string of the molecule is Cc1ccc(-c2ccccc2Cl)cc1.O=C(O)O. The first-order chi connectivity index (χ1) is 8.50. The number of hydrogen-bond donors (Lipinski definition) is 2. The molecule has 0 unspecified atom stereocenters. The van der Waals surface area contributed by atoms with E-state index in [9.17, 15) is 0 Å². The average Bonchev–Trinajstić information content (AvgIpc) is 2.30. The van der Waals surface area contributed by atoms with Gasteiger partial charge in [0.05, 0.1) is 0 Å². The maximum atomic E-state index is 8.56. The van der Waals surface area contributed by atoms with Gasteiger partial charge in [0.1, 0.15) is 0 Å². The largest absolute Gasteiger partial charge is 0.503 e. The van der Waals surface area contributed by atoms with E-state index < -0.39 is 6.16 Å². The van der Waals surface area contributed by atoms with Gasteiger partial charge in [0.2, 0.25) is 0 Å². The van der Waals surface area contributed by atoms with Crippen molar-refractivity contribution in [2.45, 2.75) is 6.92 Å². The molecule has 0 heterocycles. The topological polar surface area (TPSA) is 57.5 Å². The van der Waals surface area contributed by atoms with E-state index >= 15 is 0 Å². The molecule has 2 rings (SSSR count). The Morgan fingerprint density at radius 2 is 1.50 bits per heavy atom. The summed E-state index contributed by atoms with van der Waals surface area (Å²) in [4.78, 5) is 8.56. The highest BCUT2D eigenvalue weighted by molar-refractivity contribution is 6.33. The van der Waals surface area contributed by atoms with Crippen LogP contribution in [0.4, 0.5) is 4.79 Å². The van der Waals surface area contributed by atoms with E-state index in [0.717, 1.165) is 10.6 Å². The summed E-state index contributed by atoms with van der Waals surface area (Å²) in [5, 5.41) is 14.7. The van der Waals surface area contributed by atoms with Gasteiger partial charge in [0, 0.05) is 10.6 Å². The Morgan fingerprint density at radius 3 is 2.00 bits per heavy atom. The summed E-state index contributed by atoms with van der Waals surface area (Å²) >= 11 is 6.10. The van der Waals surface area contributed by atoms with Crippen LogP contribution in [0.1, 0.15) is 5.56 Å². The number of benzene rings is 2. The fraction of sp³-hybridized carbons (Fsp3) is 0.0714. The van der Waals surface area contributed by atoms with Crippen molar-refractivity contribution in [2.24, 2.45) is 0 Å². The molecular weight excluding hydrogens is 252 g/mol. The molecular formula is C14H13ClO3. The fourth-order valence-electron chi connectivity index (χ4n) is 1.43. The van der Waals surface area contributed by atoms with Gasteiger partial charge in [-0.05, 0) is 18.6 Å². The predicted octanol–water partition coefficient (Wildman–Crippen LogP) is 4.54. The molecule has 2 N–H and O–H groups in total. The molecule has 0 aliphatic rings. The lowest BCUT2D eigenvalue weighted by molar-refractivity contribution is 0.137. The molecule has 0 saturated carbocycles. The zero-order chi connectivity index (χ0) is 13.5. The fourth-order valence-corrected chi connectivity index (χ4v) is 1.67. The lowest BCUT2D eigenvalue weighted by Crippen LogP contribution is -1.81. The number of halogens is 1. The van der Waals surface area contributed by atoms with Crippen molar-refractivity contribution in [3.8, 4) is 11.1 Å². The zero-order valence-electron chi connectivity index (χ0n) is 9.80. The van der Waals surface area contributed by atoms with Crippen molar-refractivity contribution >= 4 is 17.8 Å². The minimum Gasteiger partial charge on any atom is -0.450 e. The molecule has 3 nitrogen and oxygen atoms in total. The second kappa shape index (κ2) is 6.67. The molecule has 4 heteroatoms. The molecule has 0 bridgehead atoms. The van der Waals surface area contributed by atoms with E-state index in [1.165, 1.54) is 11.1 Å². The Balaban J connectivity index is 0.000000357. The minimum atomic E-state index is -1.83. The smallest absolute Gasteiger partial charge is 0.450 e. The number of aryl methyl sites for hydroxylation is 1. The van der Waals surface area contributed by atoms with Gasteiger partial charge < -0.3 is 10.2 Å². The van der Waals surface area contributed by atoms with Crippen LogP contribution in [0.3, 0.4) is 0 Å². The van der Waals surface area contributed by atoms with Gasteiger partial charge in [0.25, 0.3) is 0 Å². The van der Waals surface area contributed by atoms with Crippen molar-refractivity contribution in [1.29, 1.82) is 0 Å². The molecule has 0 aromatic heterocycles. The molecule has 0 saturated heterocycles. The van der Waals surface area contributed by atoms with Gasteiger partial charge in [-0.15, -0.1) is 0 Å². The molecule has 0 fully saturated rings. The van der Waals surface area contributed by atoms with Crippen molar-refractivity contribution in [3.63, 3.8) is 0 Å². The van der Waals surface area contributed by atoms with E-state index in [2.05, 4.69) is 31.2 Å². The summed E-state index contributed by atoms with van der Waals surface area (Å²) in [6.45, 7) is 2.08. The second-order valence-electron chi connectivity index (χ2n) is 3.63. The third-order valence-corrected chi connectivity index (χ3v) is 2.57. The lowest BCUT2D eigenvalue weighted by atomic mass is 10.0. The van der Waals surface area contributed by atoms with Crippen LogP contribution in [-0.2, 0) is 0 Å². The zero-order valence-corrected chi connectivity index (χ0v) is 10.6. The molecule has 0 aliphatic carbocycles. The molecule has 94 valence electrons. The summed E-state index contributed by atoms with van der Waals surface area (Å²) in [7, 11) is 0. The molecule has 0 spiro atoms. The van der Waals surface area contributed by atoms with E-state index in [-0.39, 0.29) is 0 Å². The molecule has 0 aliphatic heterocycles. The lowest BCUT2D eigenvalue weighted by Gasteiger charge is -2.03. The van der Waals surface area contributed by atoms with Gasteiger partial charge in [-0.1, -0.05) is 59.6 Å². The summed E-state index contributed by atoms with van der Waals surface area (Å²) in [5.41, 5.74) is 3.52. The van der Waals surface area contributed by atoms with Gasteiger partial charge in [-0.3, -0.25) is 0 Å². The van der Waals surface area contributed by atoms with Crippen LogP contribution >= 0.6 is 11.6 Å². The molecule has 0 radical (unpaired) electrons. The monoisotopic (exact) mass is 264 g/mol. The van der Waals surface area contributed by atoms with Crippen molar-refractivity contribution in [3.05, 3.63) is 59.1 Å².